The van der Waals surface area contributed by atoms with Crippen LogP contribution in [0.25, 0.3) is 22.2 Å². The van der Waals surface area contributed by atoms with Crippen LogP contribution in [0.1, 0.15) is 0 Å². The minimum absolute atomic E-state index is 0.0236. The summed E-state index contributed by atoms with van der Waals surface area (Å²) >= 11 is 12.4. The molecule has 0 saturated heterocycles. The van der Waals surface area contributed by atoms with E-state index in [0.717, 1.165) is 0 Å². The van der Waals surface area contributed by atoms with Gasteiger partial charge in [-0.2, -0.15) is 0 Å². The normalized spacial score (nSPS) is 10.7. The number of pyridine rings is 2. The highest BCUT2D eigenvalue weighted by molar-refractivity contribution is 6.37. The van der Waals surface area contributed by atoms with Crippen LogP contribution in [0.3, 0.4) is 0 Å². The Labute approximate surface area is 158 Å². The number of ether oxygens (including phenoxy) is 1. The van der Waals surface area contributed by atoms with E-state index in [1.54, 1.807) is 12.1 Å². The molecule has 1 aromatic carbocycles. The van der Waals surface area contributed by atoms with Crippen molar-refractivity contribution in [2.24, 2.45) is 0 Å². The molecule has 26 heavy (non-hydrogen) atoms. The third-order valence-electron chi connectivity index (χ3n) is 3.76. The predicted octanol–water partition coefficient (Wildman–Crippen LogP) is 3.04. The van der Waals surface area contributed by atoms with Gasteiger partial charge in [-0.05, 0) is 24.3 Å². The van der Waals surface area contributed by atoms with Gasteiger partial charge < -0.3 is 14.9 Å². The molecule has 0 spiro atoms. The number of fused-ring (bicyclic) bond motifs is 1. The fourth-order valence-corrected chi connectivity index (χ4v) is 3.15. The molecule has 0 radical (unpaired) electrons. The summed E-state index contributed by atoms with van der Waals surface area (Å²) in [5.41, 5.74) is -0.456. The first-order valence-corrected chi connectivity index (χ1v) is 8.12. The summed E-state index contributed by atoms with van der Waals surface area (Å²) in [5, 5.41) is 20.4. The summed E-state index contributed by atoms with van der Waals surface area (Å²) in [6.45, 7) is -0.754. The molecular weight excluding hydrogens is 379 g/mol. The van der Waals surface area contributed by atoms with E-state index in [0.29, 0.717) is 5.39 Å². The Morgan fingerprint density at radius 2 is 1.96 bits per heavy atom. The second-order valence-electron chi connectivity index (χ2n) is 5.20. The van der Waals surface area contributed by atoms with Crippen LogP contribution in [0.4, 0.5) is 0 Å². The lowest BCUT2D eigenvalue weighted by molar-refractivity contribution is 0.0991. The molecule has 3 rings (SSSR count). The zero-order valence-electron chi connectivity index (χ0n) is 13.2. The first-order valence-electron chi connectivity index (χ1n) is 7.37. The third-order valence-corrected chi connectivity index (χ3v) is 4.37. The van der Waals surface area contributed by atoms with E-state index in [2.05, 4.69) is 10.9 Å². The van der Waals surface area contributed by atoms with E-state index in [9.17, 15) is 9.90 Å². The van der Waals surface area contributed by atoms with Crippen LogP contribution in [0.15, 0.2) is 35.3 Å². The molecule has 8 heteroatoms. The quantitative estimate of drug-likeness (QED) is 0.528. The van der Waals surface area contributed by atoms with Crippen LogP contribution in [-0.2, 0) is 6.54 Å². The molecule has 0 aliphatic rings. The van der Waals surface area contributed by atoms with Crippen LogP contribution < -0.4 is 10.3 Å². The largest absolute Gasteiger partial charge is 0.506 e. The molecule has 2 aromatic heterocycles. The number of nitrogens with zero attached hydrogens (tertiary/aromatic N) is 2. The number of rotatable bonds is 4. The molecule has 0 fully saturated rings. The topological polar surface area (TPSA) is 84.6 Å². The van der Waals surface area contributed by atoms with Gasteiger partial charge in [0, 0.05) is 6.20 Å². The molecule has 0 atom stereocenters. The maximum atomic E-state index is 13.1. The van der Waals surface area contributed by atoms with E-state index >= 15 is 0 Å². The minimum Gasteiger partial charge on any atom is -0.506 e. The van der Waals surface area contributed by atoms with E-state index in [-0.39, 0.29) is 44.9 Å². The SMILES string of the molecule is C#CCn1c(=O)c(-c2c(Cl)ccc(Cl)c2OCO)c(O)c2cccnc21. The summed E-state index contributed by atoms with van der Waals surface area (Å²) in [5.74, 6) is 2.03. The van der Waals surface area contributed by atoms with Crippen LogP contribution >= 0.6 is 23.2 Å². The number of hydrogen-bond donors (Lipinski definition) is 2. The minimum atomic E-state index is -0.693. The van der Waals surface area contributed by atoms with E-state index in [4.69, 9.17) is 39.5 Å². The number of benzene rings is 1. The van der Waals surface area contributed by atoms with Crippen molar-refractivity contribution in [1.29, 1.82) is 0 Å². The molecule has 0 saturated carbocycles. The van der Waals surface area contributed by atoms with Crippen LogP contribution in [0, 0.1) is 12.3 Å². The van der Waals surface area contributed by atoms with Gasteiger partial charge in [0.2, 0.25) is 0 Å². The summed E-state index contributed by atoms with van der Waals surface area (Å²) in [6, 6.07) is 6.12. The zero-order valence-corrected chi connectivity index (χ0v) is 14.8. The Balaban J connectivity index is 2.51. The van der Waals surface area contributed by atoms with Gasteiger partial charge in [-0.15, -0.1) is 6.42 Å². The fourth-order valence-electron chi connectivity index (χ4n) is 2.70. The maximum absolute atomic E-state index is 13.1. The second kappa shape index (κ2) is 7.26. The number of terminal acetylenes is 1. The standard InChI is InChI=1S/C18H12Cl2N2O4/c1-2-8-22-17-10(4-3-7-21-17)15(24)14(18(22)25)13-11(19)5-6-12(20)16(13)26-9-23/h1,3-7,23-24H,8-9H2. The number of aromatic hydroxyl groups is 1. The van der Waals surface area contributed by atoms with Gasteiger partial charge in [0.15, 0.2) is 12.5 Å². The van der Waals surface area contributed by atoms with Crippen molar-refractivity contribution in [2.45, 2.75) is 6.54 Å². The van der Waals surface area contributed by atoms with Crippen LogP contribution in [-0.4, -0.2) is 26.6 Å². The summed E-state index contributed by atoms with van der Waals surface area (Å²) in [7, 11) is 0. The van der Waals surface area contributed by atoms with Gasteiger partial charge in [-0.3, -0.25) is 9.36 Å². The molecule has 2 heterocycles. The Bertz CT molecular complexity index is 1100. The number of aliphatic hydroxyl groups excluding tert-OH is 1. The molecular formula is C18H12Cl2N2O4. The molecule has 132 valence electrons. The monoisotopic (exact) mass is 390 g/mol. The summed E-state index contributed by atoms with van der Waals surface area (Å²) < 4.78 is 6.39. The van der Waals surface area contributed by atoms with Crippen molar-refractivity contribution in [3.63, 3.8) is 0 Å². The lowest BCUT2D eigenvalue weighted by Crippen LogP contribution is -2.23. The molecule has 0 bridgehead atoms. The Kier molecular flexibility index (Phi) is 5.05. The van der Waals surface area contributed by atoms with E-state index in [1.807, 2.05) is 0 Å². The average molecular weight is 391 g/mol. The van der Waals surface area contributed by atoms with Crippen LogP contribution in [0.2, 0.25) is 10.0 Å². The molecule has 6 nitrogen and oxygen atoms in total. The lowest BCUT2D eigenvalue weighted by Gasteiger charge is -2.17. The van der Waals surface area contributed by atoms with Gasteiger partial charge in [0.1, 0.15) is 11.4 Å². The van der Waals surface area contributed by atoms with Gasteiger partial charge in [0.25, 0.3) is 5.56 Å². The molecule has 0 unspecified atom stereocenters. The van der Waals surface area contributed by atoms with Crippen molar-refractivity contribution in [3.05, 3.63) is 50.9 Å². The van der Waals surface area contributed by atoms with Crippen molar-refractivity contribution in [2.75, 3.05) is 6.79 Å². The van der Waals surface area contributed by atoms with Crippen molar-refractivity contribution in [3.8, 4) is 35.0 Å². The van der Waals surface area contributed by atoms with E-state index < -0.39 is 12.4 Å². The predicted molar refractivity (Wildman–Crippen MR) is 99.7 cm³/mol. The van der Waals surface area contributed by atoms with Gasteiger partial charge in [-0.25, -0.2) is 4.98 Å². The highest BCUT2D eigenvalue weighted by Crippen LogP contribution is 2.44. The maximum Gasteiger partial charge on any atom is 0.264 e. The Morgan fingerprint density at radius 3 is 2.65 bits per heavy atom. The first kappa shape index (κ1) is 18.1. The smallest absolute Gasteiger partial charge is 0.264 e. The fraction of sp³-hybridized carbons (Fsp3) is 0.111. The molecule has 0 amide bonds. The number of aromatic nitrogens is 2. The molecule has 0 aliphatic heterocycles. The van der Waals surface area contributed by atoms with Crippen molar-refractivity contribution < 1.29 is 14.9 Å². The number of halogens is 2. The van der Waals surface area contributed by atoms with Crippen molar-refractivity contribution in [1.82, 2.24) is 9.55 Å². The molecule has 0 aliphatic carbocycles. The molecule has 2 N–H and O–H groups in total. The summed E-state index contributed by atoms with van der Waals surface area (Å²) in [6.07, 6.45) is 6.86. The zero-order chi connectivity index (χ0) is 18.8. The highest BCUT2D eigenvalue weighted by Gasteiger charge is 2.25. The average Bonchev–Trinajstić information content (AvgIpc) is 2.64. The third kappa shape index (κ3) is 2.86. The van der Waals surface area contributed by atoms with Gasteiger partial charge in [-0.1, -0.05) is 29.1 Å². The first-order chi connectivity index (χ1) is 12.5. The van der Waals surface area contributed by atoms with E-state index in [1.165, 1.54) is 22.9 Å². The Morgan fingerprint density at radius 1 is 1.23 bits per heavy atom. The van der Waals surface area contributed by atoms with Crippen LogP contribution in [0.5, 0.6) is 11.5 Å². The lowest BCUT2D eigenvalue weighted by atomic mass is 10.0. The summed E-state index contributed by atoms with van der Waals surface area (Å²) in [4.78, 5) is 17.2. The number of hydrogen-bond acceptors (Lipinski definition) is 5. The Hall–Kier alpha value is -2.72. The second-order valence-corrected chi connectivity index (χ2v) is 6.01. The van der Waals surface area contributed by atoms with Crippen molar-refractivity contribution >= 4 is 34.2 Å². The number of aliphatic hydroxyl groups is 1. The molecule has 3 aromatic rings. The van der Waals surface area contributed by atoms with Gasteiger partial charge in [0.05, 0.1) is 33.1 Å². The highest BCUT2D eigenvalue weighted by atomic mass is 35.5. The van der Waals surface area contributed by atoms with Gasteiger partial charge >= 0.3 is 0 Å².